The Kier molecular flexibility index (Phi) is 7.70. The number of ketones is 1. The zero-order valence-electron chi connectivity index (χ0n) is 12.8. The number of aliphatic hydroxyl groups excluding tert-OH is 3. The minimum Gasteiger partial charge on any atom is -0.396 e. The number of carbonyl (C=O) groups is 1. The molecular formula is C16H30O4. The fraction of sp³-hybridized carbons (Fsp3) is 0.938. The molecule has 0 aromatic carbocycles. The molecule has 2 rings (SSSR count). The summed E-state index contributed by atoms with van der Waals surface area (Å²) in [6.07, 6.45) is 4.95. The van der Waals surface area contributed by atoms with Crippen LogP contribution in [0, 0.1) is 23.7 Å². The van der Waals surface area contributed by atoms with Crippen LogP contribution in [0.3, 0.4) is 0 Å². The lowest BCUT2D eigenvalue weighted by Gasteiger charge is -2.13. The van der Waals surface area contributed by atoms with Crippen LogP contribution in [0.15, 0.2) is 0 Å². The van der Waals surface area contributed by atoms with Crippen molar-refractivity contribution in [3.8, 4) is 0 Å². The van der Waals surface area contributed by atoms with Crippen molar-refractivity contribution in [1.82, 2.24) is 0 Å². The predicted octanol–water partition coefficient (Wildman–Crippen LogP) is 1.76. The van der Waals surface area contributed by atoms with Gasteiger partial charge >= 0.3 is 0 Å². The topological polar surface area (TPSA) is 77.8 Å². The van der Waals surface area contributed by atoms with Crippen molar-refractivity contribution in [1.29, 1.82) is 0 Å². The van der Waals surface area contributed by atoms with Gasteiger partial charge in [-0.05, 0) is 36.5 Å². The molecule has 0 amide bonds. The van der Waals surface area contributed by atoms with E-state index in [9.17, 15) is 9.90 Å². The molecule has 0 aromatic rings. The summed E-state index contributed by atoms with van der Waals surface area (Å²) in [6, 6.07) is 0. The van der Waals surface area contributed by atoms with E-state index in [1.165, 1.54) is 0 Å². The zero-order chi connectivity index (χ0) is 15.1. The van der Waals surface area contributed by atoms with Gasteiger partial charge in [0.2, 0.25) is 0 Å². The van der Waals surface area contributed by atoms with Gasteiger partial charge in [0.05, 0.1) is 6.10 Å². The molecule has 2 aliphatic carbocycles. The second-order valence-corrected chi connectivity index (χ2v) is 6.29. The van der Waals surface area contributed by atoms with Gasteiger partial charge in [0.15, 0.2) is 0 Å². The summed E-state index contributed by atoms with van der Waals surface area (Å²) in [6.45, 7) is 4.62. The van der Waals surface area contributed by atoms with Gasteiger partial charge in [-0.3, -0.25) is 4.79 Å². The van der Waals surface area contributed by atoms with Crippen molar-refractivity contribution in [3.05, 3.63) is 0 Å². The number of hydrogen-bond acceptors (Lipinski definition) is 4. The molecule has 0 aromatic heterocycles. The smallest absolute Gasteiger partial charge is 0.133 e. The highest BCUT2D eigenvalue weighted by molar-refractivity contribution is 5.81. The van der Waals surface area contributed by atoms with Gasteiger partial charge in [0, 0.05) is 26.1 Å². The summed E-state index contributed by atoms with van der Waals surface area (Å²) in [5.74, 6) is 1.96. The number of rotatable bonds is 4. The molecule has 0 bridgehead atoms. The first-order chi connectivity index (χ1) is 9.55. The van der Waals surface area contributed by atoms with Crippen LogP contribution < -0.4 is 0 Å². The van der Waals surface area contributed by atoms with Crippen molar-refractivity contribution >= 4 is 5.78 Å². The molecule has 2 aliphatic rings. The number of carbonyl (C=O) groups excluding carboxylic acids is 1. The molecule has 0 heterocycles. The van der Waals surface area contributed by atoms with Crippen molar-refractivity contribution < 1.29 is 20.1 Å². The Labute approximate surface area is 122 Å². The molecule has 0 aliphatic heterocycles. The lowest BCUT2D eigenvalue weighted by Crippen LogP contribution is -2.10. The lowest BCUT2D eigenvalue weighted by molar-refractivity contribution is -0.117. The third-order valence-electron chi connectivity index (χ3n) is 4.98. The van der Waals surface area contributed by atoms with Crippen molar-refractivity contribution in [3.63, 3.8) is 0 Å². The summed E-state index contributed by atoms with van der Waals surface area (Å²) in [5, 5.41) is 26.9. The Morgan fingerprint density at radius 2 is 1.40 bits per heavy atom. The Bertz CT molecular complexity index is 266. The average molecular weight is 286 g/mol. The van der Waals surface area contributed by atoms with E-state index in [1.54, 1.807) is 0 Å². The fourth-order valence-corrected chi connectivity index (χ4v) is 3.60. The third-order valence-corrected chi connectivity index (χ3v) is 4.98. The summed E-state index contributed by atoms with van der Waals surface area (Å²) in [4.78, 5) is 10.9. The first-order valence-corrected chi connectivity index (χ1v) is 7.97. The van der Waals surface area contributed by atoms with Gasteiger partial charge in [-0.2, -0.15) is 0 Å². The Morgan fingerprint density at radius 1 is 0.900 bits per heavy atom. The van der Waals surface area contributed by atoms with Crippen LogP contribution in [0.4, 0.5) is 0 Å². The van der Waals surface area contributed by atoms with Crippen LogP contribution >= 0.6 is 0 Å². The van der Waals surface area contributed by atoms with Crippen LogP contribution in [-0.4, -0.2) is 40.4 Å². The van der Waals surface area contributed by atoms with Gasteiger partial charge in [0.1, 0.15) is 5.78 Å². The normalized spacial score (nSPS) is 36.9. The molecule has 4 nitrogen and oxygen atoms in total. The quantitative estimate of drug-likeness (QED) is 0.736. The monoisotopic (exact) mass is 286 g/mol. The molecule has 3 N–H and O–H groups in total. The lowest BCUT2D eigenvalue weighted by atomic mass is 9.95. The molecule has 118 valence electrons. The van der Waals surface area contributed by atoms with Crippen LogP contribution in [0.1, 0.15) is 52.4 Å². The average Bonchev–Trinajstić information content (AvgIpc) is 3.00. The van der Waals surface area contributed by atoms with Gasteiger partial charge in [-0.15, -0.1) is 0 Å². The van der Waals surface area contributed by atoms with Crippen LogP contribution in [0.5, 0.6) is 0 Å². The van der Waals surface area contributed by atoms with Gasteiger partial charge in [-0.25, -0.2) is 0 Å². The van der Waals surface area contributed by atoms with Gasteiger partial charge in [0.25, 0.3) is 0 Å². The molecule has 20 heavy (non-hydrogen) atoms. The molecule has 5 atom stereocenters. The molecule has 2 saturated carbocycles. The largest absolute Gasteiger partial charge is 0.396 e. The van der Waals surface area contributed by atoms with E-state index in [1.807, 2.05) is 0 Å². The second kappa shape index (κ2) is 8.75. The minimum absolute atomic E-state index is 0.151. The van der Waals surface area contributed by atoms with Crippen molar-refractivity contribution in [2.75, 3.05) is 13.2 Å². The molecule has 0 spiro atoms. The summed E-state index contributed by atoms with van der Waals surface area (Å²) < 4.78 is 0. The SMILES string of the molecule is CC[C@@H]1CC(=O)C[C@@H]1CO.CC[C@@H]1CC(O)C[C@@H]1CO. The predicted molar refractivity (Wildman–Crippen MR) is 78.2 cm³/mol. The number of hydrogen-bond donors (Lipinski definition) is 3. The van der Waals surface area contributed by atoms with E-state index in [-0.39, 0.29) is 25.2 Å². The summed E-state index contributed by atoms with van der Waals surface area (Å²) >= 11 is 0. The highest BCUT2D eigenvalue weighted by Crippen LogP contribution is 2.33. The van der Waals surface area contributed by atoms with E-state index >= 15 is 0 Å². The Balaban J connectivity index is 0.000000200. The third kappa shape index (κ3) is 4.83. The first-order valence-electron chi connectivity index (χ1n) is 7.97. The number of Topliss-reactive ketones (excluding diaryl/α,β-unsaturated/α-hetero) is 1. The molecule has 0 saturated heterocycles. The van der Waals surface area contributed by atoms with Crippen molar-refractivity contribution in [2.24, 2.45) is 23.7 Å². The highest BCUT2D eigenvalue weighted by Gasteiger charge is 2.31. The first kappa shape index (κ1) is 17.6. The maximum Gasteiger partial charge on any atom is 0.133 e. The zero-order valence-corrected chi connectivity index (χ0v) is 12.8. The summed E-state index contributed by atoms with van der Waals surface area (Å²) in [5.41, 5.74) is 0. The molecule has 0 radical (unpaired) electrons. The Morgan fingerprint density at radius 3 is 1.80 bits per heavy atom. The number of aliphatic hydroxyl groups is 3. The van der Waals surface area contributed by atoms with Crippen LogP contribution in [0.2, 0.25) is 0 Å². The molecule has 4 heteroatoms. The second-order valence-electron chi connectivity index (χ2n) is 6.29. The van der Waals surface area contributed by atoms with E-state index in [4.69, 9.17) is 10.2 Å². The van der Waals surface area contributed by atoms with Crippen LogP contribution in [-0.2, 0) is 4.79 Å². The standard InChI is InChI=1S/C8H16O2.C8H14O2/c2*1-2-6-3-8(10)4-7(6)5-9/h6-10H,2-5H2,1H3;6-7,9H,2-5H2,1H3/t6-,7-,8?;6-,7-/m11/s1. The van der Waals surface area contributed by atoms with Crippen LogP contribution in [0.25, 0.3) is 0 Å². The summed E-state index contributed by atoms with van der Waals surface area (Å²) in [7, 11) is 0. The molecule has 2 fully saturated rings. The maximum atomic E-state index is 10.9. The van der Waals surface area contributed by atoms with Gasteiger partial charge < -0.3 is 15.3 Å². The van der Waals surface area contributed by atoms with E-state index in [2.05, 4.69) is 13.8 Å². The van der Waals surface area contributed by atoms with Crippen molar-refractivity contribution in [2.45, 2.75) is 58.5 Å². The van der Waals surface area contributed by atoms with E-state index in [0.29, 0.717) is 36.4 Å². The molecular weight excluding hydrogens is 256 g/mol. The maximum absolute atomic E-state index is 10.9. The fourth-order valence-electron chi connectivity index (χ4n) is 3.60. The van der Waals surface area contributed by atoms with E-state index < -0.39 is 0 Å². The van der Waals surface area contributed by atoms with Gasteiger partial charge in [-0.1, -0.05) is 26.7 Å². The highest BCUT2D eigenvalue weighted by atomic mass is 16.3. The van der Waals surface area contributed by atoms with E-state index in [0.717, 1.165) is 25.7 Å². The Hall–Kier alpha value is -0.450. The molecule has 1 unspecified atom stereocenters. The minimum atomic E-state index is -0.151.